The second-order valence-corrected chi connectivity index (χ2v) is 4.03. The van der Waals surface area contributed by atoms with Gasteiger partial charge in [0.15, 0.2) is 0 Å². The van der Waals surface area contributed by atoms with Crippen LogP contribution in [0.25, 0.3) is 11.3 Å². The molecule has 1 N–H and O–H groups in total. The molecule has 1 aromatic carbocycles. The number of halogens is 4. The van der Waals surface area contributed by atoms with Crippen molar-refractivity contribution in [3.05, 3.63) is 41.3 Å². The zero-order chi connectivity index (χ0) is 15.1. The lowest BCUT2D eigenvalue weighted by Gasteiger charge is -2.10. The second-order valence-electron chi connectivity index (χ2n) is 4.03. The quantitative estimate of drug-likeness (QED) is 0.864. The van der Waals surface area contributed by atoms with Gasteiger partial charge in [0.25, 0.3) is 0 Å². The monoisotopic (exact) mass is 288 g/mol. The van der Waals surface area contributed by atoms with Crippen LogP contribution in [0.3, 0.4) is 0 Å². The number of hydrogen-bond donors (Lipinski definition) is 1. The fourth-order valence-electron chi connectivity index (χ4n) is 1.83. The van der Waals surface area contributed by atoms with Crippen molar-refractivity contribution < 1.29 is 27.5 Å². The Hall–Kier alpha value is -2.38. The average Bonchev–Trinajstić information content (AvgIpc) is 2.69. The number of nitrogens with zero attached hydrogens (tertiary/aromatic N) is 2. The molecule has 0 fully saturated rings. The number of carboxylic acid groups (broad SMARTS) is 1. The lowest BCUT2D eigenvalue weighted by atomic mass is 10.0. The molecule has 0 aliphatic heterocycles. The molecule has 4 nitrogen and oxygen atoms in total. The van der Waals surface area contributed by atoms with Gasteiger partial charge in [-0.15, -0.1) is 0 Å². The third kappa shape index (κ3) is 2.36. The molecule has 0 saturated heterocycles. The Morgan fingerprint density at radius 3 is 2.50 bits per heavy atom. The van der Waals surface area contributed by atoms with Crippen LogP contribution in [0.1, 0.15) is 15.9 Å². The number of aromatic nitrogens is 2. The smallest absolute Gasteiger partial charge is 0.419 e. The van der Waals surface area contributed by atoms with Crippen molar-refractivity contribution in [2.75, 3.05) is 0 Å². The Morgan fingerprint density at radius 1 is 1.35 bits per heavy atom. The van der Waals surface area contributed by atoms with E-state index in [4.69, 9.17) is 5.11 Å². The number of carboxylic acids is 1. The number of alkyl halides is 3. The molecular weight excluding hydrogens is 280 g/mol. The van der Waals surface area contributed by atoms with Crippen molar-refractivity contribution in [2.45, 2.75) is 6.18 Å². The lowest BCUT2D eigenvalue weighted by Crippen LogP contribution is -2.08. The lowest BCUT2D eigenvalue weighted by molar-refractivity contribution is -0.139. The van der Waals surface area contributed by atoms with E-state index in [0.29, 0.717) is 12.1 Å². The Kier molecular flexibility index (Phi) is 3.24. The van der Waals surface area contributed by atoms with E-state index in [-0.39, 0.29) is 16.8 Å². The zero-order valence-electron chi connectivity index (χ0n) is 10.1. The Bertz CT molecular complexity index is 677. The highest BCUT2D eigenvalue weighted by Gasteiger charge is 2.34. The predicted octanol–water partition coefficient (Wildman–Crippen LogP) is 2.94. The SMILES string of the molecule is Cn1ncc(C(=O)O)c1-c1ccc(C(F)(F)F)c(F)c1. The topological polar surface area (TPSA) is 55.1 Å². The molecule has 0 bridgehead atoms. The highest BCUT2D eigenvalue weighted by Crippen LogP contribution is 2.34. The van der Waals surface area contributed by atoms with E-state index in [1.807, 2.05) is 0 Å². The maximum absolute atomic E-state index is 13.5. The van der Waals surface area contributed by atoms with Crippen molar-refractivity contribution in [3.63, 3.8) is 0 Å². The summed E-state index contributed by atoms with van der Waals surface area (Å²) >= 11 is 0. The first-order valence-electron chi connectivity index (χ1n) is 5.34. The summed E-state index contributed by atoms with van der Waals surface area (Å²) in [6.07, 6.45) is -3.75. The van der Waals surface area contributed by atoms with Crippen LogP contribution in [0.5, 0.6) is 0 Å². The van der Waals surface area contributed by atoms with Crippen LogP contribution in [0.4, 0.5) is 17.6 Å². The van der Waals surface area contributed by atoms with Crippen molar-refractivity contribution in [1.29, 1.82) is 0 Å². The molecule has 1 aromatic heterocycles. The highest BCUT2D eigenvalue weighted by atomic mass is 19.4. The fraction of sp³-hybridized carbons (Fsp3) is 0.167. The number of aromatic carboxylic acids is 1. The van der Waals surface area contributed by atoms with Gasteiger partial charge in [-0.05, 0) is 12.1 Å². The minimum Gasteiger partial charge on any atom is -0.478 e. The van der Waals surface area contributed by atoms with Crippen molar-refractivity contribution in [2.24, 2.45) is 7.05 Å². The van der Waals surface area contributed by atoms with Crippen LogP contribution in [0.2, 0.25) is 0 Å². The maximum atomic E-state index is 13.5. The molecule has 0 aliphatic rings. The molecule has 2 aromatic rings. The predicted molar refractivity (Wildman–Crippen MR) is 60.6 cm³/mol. The van der Waals surface area contributed by atoms with E-state index in [2.05, 4.69) is 5.10 Å². The van der Waals surface area contributed by atoms with Crippen molar-refractivity contribution in [3.8, 4) is 11.3 Å². The molecule has 1 heterocycles. The maximum Gasteiger partial charge on any atom is 0.419 e. The molecule has 0 saturated carbocycles. The van der Waals surface area contributed by atoms with E-state index >= 15 is 0 Å². The summed E-state index contributed by atoms with van der Waals surface area (Å²) in [4.78, 5) is 11.0. The first-order valence-corrected chi connectivity index (χ1v) is 5.34. The fourth-order valence-corrected chi connectivity index (χ4v) is 1.83. The molecule has 2 rings (SSSR count). The Balaban J connectivity index is 2.59. The summed E-state index contributed by atoms with van der Waals surface area (Å²) in [5.41, 5.74) is -1.58. The molecule has 0 unspecified atom stereocenters. The summed E-state index contributed by atoms with van der Waals surface area (Å²) < 4.78 is 52.0. The van der Waals surface area contributed by atoms with Gasteiger partial charge in [-0.2, -0.15) is 18.3 Å². The van der Waals surface area contributed by atoms with Gasteiger partial charge in [0, 0.05) is 12.6 Å². The minimum atomic E-state index is -4.80. The molecule has 20 heavy (non-hydrogen) atoms. The molecule has 106 valence electrons. The number of rotatable bonds is 2. The van der Waals surface area contributed by atoms with Crippen molar-refractivity contribution in [1.82, 2.24) is 9.78 Å². The summed E-state index contributed by atoms with van der Waals surface area (Å²) in [6, 6.07) is 2.23. The molecule has 0 amide bonds. The van der Waals surface area contributed by atoms with Crippen LogP contribution in [0.15, 0.2) is 24.4 Å². The minimum absolute atomic E-state index is 0.00731. The molecule has 0 radical (unpaired) electrons. The van der Waals surface area contributed by atoms with Gasteiger partial charge in [-0.3, -0.25) is 4.68 Å². The van der Waals surface area contributed by atoms with Crippen LogP contribution >= 0.6 is 0 Å². The van der Waals surface area contributed by atoms with Gasteiger partial charge in [0.05, 0.1) is 17.5 Å². The second kappa shape index (κ2) is 4.62. The van der Waals surface area contributed by atoms with Gasteiger partial charge in [0.1, 0.15) is 11.4 Å². The summed E-state index contributed by atoms with van der Waals surface area (Å²) in [5, 5.41) is 12.7. The van der Waals surface area contributed by atoms with E-state index < -0.39 is 23.5 Å². The van der Waals surface area contributed by atoms with Gasteiger partial charge >= 0.3 is 12.1 Å². The van der Waals surface area contributed by atoms with Crippen LogP contribution in [-0.4, -0.2) is 20.9 Å². The summed E-state index contributed by atoms with van der Waals surface area (Å²) in [7, 11) is 1.41. The third-order valence-electron chi connectivity index (χ3n) is 2.72. The zero-order valence-corrected chi connectivity index (χ0v) is 10.1. The van der Waals surface area contributed by atoms with Gasteiger partial charge in [-0.25, -0.2) is 9.18 Å². The van der Waals surface area contributed by atoms with Crippen LogP contribution in [-0.2, 0) is 13.2 Å². The summed E-state index contributed by atoms with van der Waals surface area (Å²) in [6.45, 7) is 0. The molecule has 8 heteroatoms. The number of benzene rings is 1. The largest absolute Gasteiger partial charge is 0.478 e. The van der Waals surface area contributed by atoms with E-state index in [1.54, 1.807) is 0 Å². The van der Waals surface area contributed by atoms with Gasteiger partial charge in [0.2, 0.25) is 0 Å². The first kappa shape index (κ1) is 14.0. The third-order valence-corrected chi connectivity index (χ3v) is 2.72. The van der Waals surface area contributed by atoms with E-state index in [1.165, 1.54) is 7.05 Å². The highest BCUT2D eigenvalue weighted by molar-refractivity contribution is 5.94. The molecule has 0 aliphatic carbocycles. The number of aryl methyl sites for hydroxylation is 1. The van der Waals surface area contributed by atoms with Crippen LogP contribution < -0.4 is 0 Å². The Labute approximate surface area is 110 Å². The van der Waals surface area contributed by atoms with E-state index in [0.717, 1.165) is 16.9 Å². The van der Waals surface area contributed by atoms with Gasteiger partial charge < -0.3 is 5.11 Å². The standard InChI is InChI=1S/C12H8F4N2O2/c1-18-10(7(5-17-18)11(19)20)6-2-3-8(9(13)4-6)12(14,15)16/h2-5H,1H3,(H,19,20). The number of hydrogen-bond acceptors (Lipinski definition) is 2. The van der Waals surface area contributed by atoms with E-state index in [9.17, 15) is 22.4 Å². The summed E-state index contributed by atoms with van der Waals surface area (Å²) in [5.74, 6) is -2.76. The van der Waals surface area contributed by atoms with Crippen molar-refractivity contribution >= 4 is 5.97 Å². The molecule has 0 spiro atoms. The Morgan fingerprint density at radius 2 is 2.00 bits per heavy atom. The first-order chi connectivity index (χ1) is 9.21. The number of carbonyl (C=O) groups is 1. The van der Waals surface area contributed by atoms with Gasteiger partial charge in [-0.1, -0.05) is 6.07 Å². The van der Waals surface area contributed by atoms with Crippen LogP contribution in [0, 0.1) is 5.82 Å². The molecule has 0 atom stereocenters. The molecular formula is C12H8F4N2O2. The average molecular weight is 288 g/mol. The normalized spacial score (nSPS) is 11.7.